The van der Waals surface area contributed by atoms with Crippen molar-refractivity contribution in [2.45, 2.75) is 13.0 Å². The zero-order chi connectivity index (χ0) is 15.1. The zero-order valence-corrected chi connectivity index (χ0v) is 12.0. The fourth-order valence-electron chi connectivity index (χ4n) is 2.00. The maximum Gasteiger partial charge on any atom is 0.255 e. The fourth-order valence-corrected chi connectivity index (χ4v) is 2.00. The van der Waals surface area contributed by atoms with E-state index in [2.05, 4.69) is 10.3 Å². The molecule has 0 saturated heterocycles. The number of amides is 1. The summed E-state index contributed by atoms with van der Waals surface area (Å²) in [7, 11) is 1.66. The van der Waals surface area contributed by atoms with Gasteiger partial charge >= 0.3 is 0 Å². The van der Waals surface area contributed by atoms with Crippen LogP contribution in [0.3, 0.4) is 0 Å². The lowest BCUT2D eigenvalue weighted by molar-refractivity contribution is 0.102. The van der Waals surface area contributed by atoms with Crippen molar-refractivity contribution in [1.82, 2.24) is 4.98 Å². The average Bonchev–Trinajstić information content (AvgIpc) is 2.54. The third-order valence-corrected chi connectivity index (χ3v) is 3.13. The number of ether oxygens (including phenoxy) is 1. The molecule has 1 amide bonds. The molecule has 0 fully saturated rings. The van der Waals surface area contributed by atoms with E-state index in [4.69, 9.17) is 10.5 Å². The summed E-state index contributed by atoms with van der Waals surface area (Å²) in [5.74, 6) is -0.169. The number of nitrogens with zero attached hydrogens (tertiary/aromatic N) is 1. The summed E-state index contributed by atoms with van der Waals surface area (Å²) in [5, 5.41) is 2.92. The smallest absolute Gasteiger partial charge is 0.255 e. The molecule has 0 aliphatic heterocycles. The second-order valence-corrected chi connectivity index (χ2v) is 4.59. The number of carbonyl (C=O) groups excluding carboxylic acids is 1. The first-order valence-electron chi connectivity index (χ1n) is 6.77. The molecule has 0 saturated carbocycles. The van der Waals surface area contributed by atoms with E-state index in [9.17, 15) is 4.79 Å². The Morgan fingerprint density at radius 2 is 2.14 bits per heavy atom. The van der Waals surface area contributed by atoms with Crippen LogP contribution in [-0.2, 0) is 17.7 Å². The van der Waals surface area contributed by atoms with Crippen LogP contribution in [0.1, 0.15) is 21.6 Å². The van der Waals surface area contributed by atoms with Crippen LogP contribution in [-0.4, -0.2) is 24.6 Å². The maximum absolute atomic E-state index is 12.3. The van der Waals surface area contributed by atoms with E-state index in [-0.39, 0.29) is 5.91 Å². The van der Waals surface area contributed by atoms with Crippen molar-refractivity contribution in [3.05, 3.63) is 59.4 Å². The molecule has 110 valence electrons. The predicted octanol–water partition coefficient (Wildman–Crippen LogP) is 1.98. The molecular weight excluding hydrogens is 266 g/mol. The number of hydrogen-bond donors (Lipinski definition) is 2. The molecule has 0 aliphatic rings. The lowest BCUT2D eigenvalue weighted by Gasteiger charge is -2.11. The lowest BCUT2D eigenvalue weighted by atomic mass is 10.1. The molecular formula is C16H19N3O2. The van der Waals surface area contributed by atoms with Crippen LogP contribution in [0.5, 0.6) is 0 Å². The quantitative estimate of drug-likeness (QED) is 0.850. The number of nitrogens with two attached hydrogens (primary N) is 1. The summed E-state index contributed by atoms with van der Waals surface area (Å²) < 4.78 is 5.09. The minimum Gasteiger partial charge on any atom is -0.384 e. The maximum atomic E-state index is 12.3. The first kappa shape index (κ1) is 15.2. The number of benzene rings is 1. The summed E-state index contributed by atoms with van der Waals surface area (Å²) in [5.41, 5.74) is 8.62. The molecule has 3 N–H and O–H groups in total. The highest BCUT2D eigenvalue weighted by Gasteiger charge is 2.09. The Balaban J connectivity index is 2.15. The third-order valence-electron chi connectivity index (χ3n) is 3.13. The Morgan fingerprint density at radius 3 is 2.90 bits per heavy atom. The van der Waals surface area contributed by atoms with Crippen molar-refractivity contribution in [2.24, 2.45) is 5.73 Å². The minimum absolute atomic E-state index is 0.169. The Kier molecular flexibility index (Phi) is 5.43. The highest BCUT2D eigenvalue weighted by atomic mass is 16.5. The molecule has 1 aromatic carbocycles. The van der Waals surface area contributed by atoms with Crippen LogP contribution >= 0.6 is 0 Å². The Morgan fingerprint density at radius 1 is 1.33 bits per heavy atom. The van der Waals surface area contributed by atoms with Gasteiger partial charge < -0.3 is 15.8 Å². The monoisotopic (exact) mass is 285 g/mol. The number of pyridine rings is 1. The van der Waals surface area contributed by atoms with Crippen molar-refractivity contribution in [3.63, 3.8) is 0 Å². The highest BCUT2D eigenvalue weighted by Crippen LogP contribution is 2.17. The SMILES string of the molecule is COCCc1ccccc1NC(=O)c1ccnc(CN)c1. The molecule has 1 aromatic heterocycles. The van der Waals surface area contributed by atoms with Gasteiger partial charge in [0.1, 0.15) is 0 Å². The normalized spacial score (nSPS) is 10.4. The Hall–Kier alpha value is -2.24. The largest absolute Gasteiger partial charge is 0.384 e. The summed E-state index contributed by atoms with van der Waals surface area (Å²) in [6.45, 7) is 0.922. The summed E-state index contributed by atoms with van der Waals surface area (Å²) >= 11 is 0. The molecule has 1 heterocycles. The van der Waals surface area contributed by atoms with Gasteiger partial charge in [-0.25, -0.2) is 0 Å². The molecule has 0 atom stereocenters. The molecule has 2 rings (SSSR count). The number of rotatable bonds is 6. The van der Waals surface area contributed by atoms with Crippen LogP contribution in [0.25, 0.3) is 0 Å². The summed E-state index contributed by atoms with van der Waals surface area (Å²) in [6.07, 6.45) is 2.34. The van der Waals surface area contributed by atoms with Crippen LogP contribution in [0.4, 0.5) is 5.69 Å². The van der Waals surface area contributed by atoms with Crippen LogP contribution in [0, 0.1) is 0 Å². The number of hydrogen-bond acceptors (Lipinski definition) is 4. The van der Waals surface area contributed by atoms with E-state index < -0.39 is 0 Å². The van der Waals surface area contributed by atoms with Gasteiger partial charge in [-0.3, -0.25) is 9.78 Å². The predicted molar refractivity (Wildman–Crippen MR) is 82.1 cm³/mol. The number of methoxy groups -OCH3 is 1. The molecule has 0 aliphatic carbocycles. The zero-order valence-electron chi connectivity index (χ0n) is 12.0. The van der Waals surface area contributed by atoms with E-state index >= 15 is 0 Å². The van der Waals surface area contributed by atoms with Crippen molar-refractivity contribution < 1.29 is 9.53 Å². The second-order valence-electron chi connectivity index (χ2n) is 4.59. The number of anilines is 1. The van der Waals surface area contributed by atoms with Gasteiger partial charge in [0.05, 0.1) is 12.3 Å². The fraction of sp³-hybridized carbons (Fsp3) is 0.250. The third kappa shape index (κ3) is 4.11. The van der Waals surface area contributed by atoms with Crippen molar-refractivity contribution >= 4 is 11.6 Å². The molecule has 0 spiro atoms. The highest BCUT2D eigenvalue weighted by molar-refractivity contribution is 6.04. The van der Waals surface area contributed by atoms with Gasteiger partial charge in [0.25, 0.3) is 5.91 Å². The van der Waals surface area contributed by atoms with Crippen molar-refractivity contribution in [3.8, 4) is 0 Å². The van der Waals surface area contributed by atoms with E-state index in [1.165, 1.54) is 0 Å². The van der Waals surface area contributed by atoms with Gasteiger partial charge in [-0.05, 0) is 30.2 Å². The van der Waals surface area contributed by atoms with Crippen molar-refractivity contribution in [1.29, 1.82) is 0 Å². The summed E-state index contributed by atoms with van der Waals surface area (Å²) in [6, 6.07) is 11.1. The lowest BCUT2D eigenvalue weighted by Crippen LogP contribution is -2.14. The molecule has 5 heteroatoms. The van der Waals surface area contributed by atoms with Gasteiger partial charge in [0, 0.05) is 31.1 Å². The topological polar surface area (TPSA) is 77.2 Å². The molecule has 2 aromatic rings. The van der Waals surface area contributed by atoms with Gasteiger partial charge in [-0.2, -0.15) is 0 Å². The van der Waals surface area contributed by atoms with Crippen LogP contribution in [0.15, 0.2) is 42.6 Å². The molecule has 5 nitrogen and oxygen atoms in total. The van der Waals surface area contributed by atoms with E-state index in [1.54, 1.807) is 25.4 Å². The first-order valence-corrected chi connectivity index (χ1v) is 6.77. The number of nitrogens with one attached hydrogen (secondary N) is 1. The van der Waals surface area contributed by atoms with Crippen LogP contribution < -0.4 is 11.1 Å². The number of carbonyl (C=O) groups is 1. The van der Waals surface area contributed by atoms with Gasteiger partial charge in [0.15, 0.2) is 0 Å². The number of para-hydroxylation sites is 1. The van der Waals surface area contributed by atoms with E-state index in [1.807, 2.05) is 24.3 Å². The molecule has 0 radical (unpaired) electrons. The average molecular weight is 285 g/mol. The van der Waals surface area contributed by atoms with Gasteiger partial charge in [-0.15, -0.1) is 0 Å². The number of aromatic nitrogens is 1. The minimum atomic E-state index is -0.169. The Bertz CT molecular complexity index is 614. The van der Waals surface area contributed by atoms with Gasteiger partial charge in [-0.1, -0.05) is 18.2 Å². The van der Waals surface area contributed by atoms with E-state index in [0.29, 0.717) is 24.4 Å². The molecule has 21 heavy (non-hydrogen) atoms. The molecule has 0 unspecified atom stereocenters. The summed E-state index contributed by atoms with van der Waals surface area (Å²) in [4.78, 5) is 16.4. The van der Waals surface area contributed by atoms with Crippen molar-refractivity contribution in [2.75, 3.05) is 19.0 Å². The van der Waals surface area contributed by atoms with Gasteiger partial charge in [0.2, 0.25) is 0 Å². The van der Waals surface area contributed by atoms with E-state index in [0.717, 1.165) is 17.7 Å². The van der Waals surface area contributed by atoms with Crippen LogP contribution in [0.2, 0.25) is 0 Å². The standard InChI is InChI=1S/C16H19N3O2/c1-21-9-7-12-4-2-3-5-15(12)19-16(20)13-6-8-18-14(10-13)11-17/h2-6,8,10H,7,9,11,17H2,1H3,(H,19,20). The molecule has 0 bridgehead atoms. The Labute approximate surface area is 124 Å². The second kappa shape index (κ2) is 7.52. The first-order chi connectivity index (χ1) is 10.2.